The van der Waals surface area contributed by atoms with Crippen molar-refractivity contribution in [3.63, 3.8) is 0 Å². The zero-order valence-corrected chi connectivity index (χ0v) is 19.6. The van der Waals surface area contributed by atoms with Crippen molar-refractivity contribution in [3.8, 4) is 0 Å². The second kappa shape index (κ2) is 11.2. The van der Waals surface area contributed by atoms with Gasteiger partial charge >= 0.3 is 12.2 Å². The molecule has 1 aromatic rings. The highest BCUT2D eigenvalue weighted by atomic mass is 19.1. The lowest BCUT2D eigenvalue weighted by atomic mass is 10.0. The molecule has 170 valence electrons. The van der Waals surface area contributed by atoms with Crippen LogP contribution in [-0.2, 0) is 9.47 Å². The maximum atomic E-state index is 13.4. The first kappa shape index (κ1) is 25.7. The molecule has 7 heteroatoms. The monoisotopic (exact) mass is 424 g/mol. The van der Waals surface area contributed by atoms with Gasteiger partial charge < -0.3 is 19.3 Å². The molecule has 30 heavy (non-hydrogen) atoms. The van der Waals surface area contributed by atoms with Crippen LogP contribution in [0.2, 0.25) is 0 Å². The fourth-order valence-electron chi connectivity index (χ4n) is 3.12. The normalized spacial score (nSPS) is 12.6. The lowest BCUT2D eigenvalue weighted by molar-refractivity contribution is 0.0256. The predicted molar refractivity (Wildman–Crippen MR) is 116 cm³/mol. The molecule has 1 unspecified atom stereocenters. The maximum Gasteiger partial charge on any atom is 0.410 e. The molecule has 0 saturated heterocycles. The van der Waals surface area contributed by atoms with Crippen molar-refractivity contribution in [1.29, 1.82) is 0 Å². The van der Waals surface area contributed by atoms with Crippen molar-refractivity contribution in [2.45, 2.75) is 85.1 Å². The van der Waals surface area contributed by atoms with E-state index < -0.39 is 23.9 Å². The van der Waals surface area contributed by atoms with Gasteiger partial charge in [-0.25, -0.2) is 14.0 Å². The molecule has 1 rings (SSSR count). The molecule has 0 radical (unpaired) electrons. The van der Waals surface area contributed by atoms with Crippen LogP contribution in [0, 0.1) is 5.82 Å². The molecule has 0 fully saturated rings. The SMILES string of the molecule is CC(C)N(C(=O)OC(CCCN(C)C(=O)OC(C)(C)C)c1ccc(F)cc1)C(C)C. The first-order valence-corrected chi connectivity index (χ1v) is 10.5. The van der Waals surface area contributed by atoms with Crippen LogP contribution in [-0.4, -0.2) is 53.3 Å². The third kappa shape index (κ3) is 8.59. The van der Waals surface area contributed by atoms with Gasteiger partial charge in [0.15, 0.2) is 0 Å². The van der Waals surface area contributed by atoms with Gasteiger partial charge in [-0.2, -0.15) is 0 Å². The van der Waals surface area contributed by atoms with E-state index >= 15 is 0 Å². The molecule has 1 aromatic carbocycles. The highest BCUT2D eigenvalue weighted by Gasteiger charge is 2.26. The Kier molecular flexibility index (Phi) is 9.59. The van der Waals surface area contributed by atoms with Gasteiger partial charge in [0.25, 0.3) is 0 Å². The minimum atomic E-state index is -0.561. The number of ether oxygens (including phenoxy) is 2. The number of nitrogens with zero attached hydrogens (tertiary/aromatic N) is 2. The van der Waals surface area contributed by atoms with Gasteiger partial charge in [0.2, 0.25) is 0 Å². The van der Waals surface area contributed by atoms with E-state index in [-0.39, 0.29) is 17.9 Å². The Morgan fingerprint density at radius 3 is 2.00 bits per heavy atom. The third-order valence-corrected chi connectivity index (χ3v) is 4.47. The van der Waals surface area contributed by atoms with Crippen LogP contribution in [0.3, 0.4) is 0 Å². The molecule has 0 aromatic heterocycles. The lowest BCUT2D eigenvalue weighted by Gasteiger charge is -2.32. The number of carbonyl (C=O) groups is 2. The molecule has 0 aliphatic rings. The minimum Gasteiger partial charge on any atom is -0.444 e. The highest BCUT2D eigenvalue weighted by molar-refractivity contribution is 5.69. The summed E-state index contributed by atoms with van der Waals surface area (Å²) in [6, 6.07) is 5.94. The summed E-state index contributed by atoms with van der Waals surface area (Å²) in [4.78, 5) is 28.1. The van der Waals surface area contributed by atoms with E-state index in [9.17, 15) is 14.0 Å². The zero-order chi connectivity index (χ0) is 23.1. The number of carbonyl (C=O) groups excluding carboxylic acids is 2. The van der Waals surface area contributed by atoms with Gasteiger partial charge in [-0.1, -0.05) is 12.1 Å². The standard InChI is InChI=1S/C23H37FN2O4/c1-16(2)26(17(3)4)22(28)29-20(18-11-13-19(24)14-12-18)10-9-15-25(8)21(27)30-23(5,6)7/h11-14,16-17,20H,9-10,15H2,1-8H3. The van der Waals surface area contributed by atoms with E-state index in [2.05, 4.69) is 0 Å². The molecular weight excluding hydrogens is 387 g/mol. The van der Waals surface area contributed by atoms with Crippen LogP contribution in [0.4, 0.5) is 14.0 Å². The Balaban J connectivity index is 2.84. The van der Waals surface area contributed by atoms with Crippen LogP contribution in [0.15, 0.2) is 24.3 Å². The average molecular weight is 425 g/mol. The van der Waals surface area contributed by atoms with E-state index in [0.29, 0.717) is 19.4 Å². The van der Waals surface area contributed by atoms with Gasteiger partial charge in [0, 0.05) is 25.7 Å². The molecule has 6 nitrogen and oxygen atoms in total. The largest absolute Gasteiger partial charge is 0.444 e. The Hall–Kier alpha value is -2.31. The molecule has 0 aliphatic carbocycles. The lowest BCUT2D eigenvalue weighted by Crippen LogP contribution is -2.42. The van der Waals surface area contributed by atoms with E-state index in [1.54, 1.807) is 24.1 Å². The van der Waals surface area contributed by atoms with E-state index in [1.807, 2.05) is 48.5 Å². The third-order valence-electron chi connectivity index (χ3n) is 4.47. The molecule has 0 bridgehead atoms. The van der Waals surface area contributed by atoms with Gasteiger partial charge in [-0.3, -0.25) is 0 Å². The van der Waals surface area contributed by atoms with Gasteiger partial charge in [-0.15, -0.1) is 0 Å². The summed E-state index contributed by atoms with van der Waals surface area (Å²) < 4.78 is 24.5. The van der Waals surface area contributed by atoms with Crippen molar-refractivity contribution >= 4 is 12.2 Å². The van der Waals surface area contributed by atoms with Crippen LogP contribution >= 0.6 is 0 Å². The fourth-order valence-corrected chi connectivity index (χ4v) is 3.12. The Bertz CT molecular complexity index is 675. The number of rotatable bonds is 8. The fraction of sp³-hybridized carbons (Fsp3) is 0.652. The topological polar surface area (TPSA) is 59.1 Å². The number of benzene rings is 1. The summed E-state index contributed by atoms with van der Waals surface area (Å²) in [5.41, 5.74) is 0.159. The second-order valence-corrected chi connectivity index (χ2v) is 9.06. The van der Waals surface area contributed by atoms with Crippen molar-refractivity contribution in [1.82, 2.24) is 9.80 Å². The van der Waals surface area contributed by atoms with E-state index in [0.717, 1.165) is 5.56 Å². The summed E-state index contributed by atoms with van der Waals surface area (Å²) in [5.74, 6) is -0.348. The van der Waals surface area contributed by atoms with Gasteiger partial charge in [0.1, 0.15) is 17.5 Å². The van der Waals surface area contributed by atoms with Crippen molar-refractivity contribution in [2.75, 3.05) is 13.6 Å². The number of hydrogen-bond acceptors (Lipinski definition) is 4. The Labute approximate surface area is 180 Å². The highest BCUT2D eigenvalue weighted by Crippen LogP contribution is 2.25. The van der Waals surface area contributed by atoms with Crippen molar-refractivity contribution in [3.05, 3.63) is 35.6 Å². The maximum absolute atomic E-state index is 13.4. The van der Waals surface area contributed by atoms with Crippen LogP contribution < -0.4 is 0 Å². The number of amides is 2. The Morgan fingerprint density at radius 1 is 1.00 bits per heavy atom. The van der Waals surface area contributed by atoms with Crippen LogP contribution in [0.1, 0.15) is 73.0 Å². The summed E-state index contributed by atoms with van der Waals surface area (Å²) in [6.07, 6.45) is -0.258. The Morgan fingerprint density at radius 2 is 1.53 bits per heavy atom. The molecule has 0 N–H and O–H groups in total. The molecule has 0 aliphatic heterocycles. The smallest absolute Gasteiger partial charge is 0.410 e. The molecule has 0 heterocycles. The van der Waals surface area contributed by atoms with Gasteiger partial charge in [0.05, 0.1) is 0 Å². The number of hydrogen-bond donors (Lipinski definition) is 0. The second-order valence-electron chi connectivity index (χ2n) is 9.06. The van der Waals surface area contributed by atoms with Gasteiger partial charge in [-0.05, 0) is 79.0 Å². The van der Waals surface area contributed by atoms with E-state index in [1.165, 1.54) is 17.0 Å². The van der Waals surface area contributed by atoms with Crippen molar-refractivity contribution in [2.24, 2.45) is 0 Å². The molecular formula is C23H37FN2O4. The number of halogens is 1. The molecule has 0 spiro atoms. The van der Waals surface area contributed by atoms with E-state index in [4.69, 9.17) is 9.47 Å². The summed E-state index contributed by atoms with van der Waals surface area (Å²) in [6.45, 7) is 13.6. The average Bonchev–Trinajstić information content (AvgIpc) is 2.59. The first-order valence-electron chi connectivity index (χ1n) is 10.5. The molecule has 0 saturated carbocycles. The summed E-state index contributed by atoms with van der Waals surface area (Å²) in [5, 5.41) is 0. The van der Waals surface area contributed by atoms with Crippen LogP contribution in [0.25, 0.3) is 0 Å². The van der Waals surface area contributed by atoms with Crippen LogP contribution in [0.5, 0.6) is 0 Å². The molecule has 2 amide bonds. The zero-order valence-electron chi connectivity index (χ0n) is 19.6. The van der Waals surface area contributed by atoms with Crippen molar-refractivity contribution < 1.29 is 23.5 Å². The molecule has 1 atom stereocenters. The minimum absolute atomic E-state index is 0.00957. The quantitative estimate of drug-likeness (QED) is 0.532. The summed E-state index contributed by atoms with van der Waals surface area (Å²) >= 11 is 0. The first-order chi connectivity index (χ1) is 13.8. The predicted octanol–water partition coefficient (Wildman–Crippen LogP) is 5.77. The summed E-state index contributed by atoms with van der Waals surface area (Å²) in [7, 11) is 1.67.